The van der Waals surface area contributed by atoms with E-state index in [4.69, 9.17) is 0 Å². The molecule has 0 aliphatic rings. The Balaban J connectivity index is 1.54. The van der Waals surface area contributed by atoms with E-state index in [1.807, 2.05) is 42.5 Å². The second kappa shape index (κ2) is 8.19. The zero-order valence-corrected chi connectivity index (χ0v) is 14.2. The Morgan fingerprint density at radius 3 is 2.52 bits per heavy atom. The summed E-state index contributed by atoms with van der Waals surface area (Å²) < 4.78 is 1.58. The van der Waals surface area contributed by atoms with Crippen molar-refractivity contribution in [2.45, 2.75) is 25.7 Å². The first kappa shape index (κ1) is 16.8. The van der Waals surface area contributed by atoms with Gasteiger partial charge < -0.3 is 5.32 Å². The Morgan fingerprint density at radius 2 is 1.88 bits per heavy atom. The number of aromatic nitrogens is 4. The van der Waals surface area contributed by atoms with Gasteiger partial charge in [-0.05, 0) is 40.1 Å². The SMILES string of the molecule is CC[C@H](CNC(=O)Cc1ccc(-n2cnnn2)cc1)c1ccccc1. The van der Waals surface area contributed by atoms with Crippen LogP contribution in [0.5, 0.6) is 0 Å². The number of amides is 1. The third-order valence-corrected chi connectivity index (χ3v) is 4.22. The number of carbonyl (C=O) groups is 1. The molecule has 1 atom stereocenters. The lowest BCUT2D eigenvalue weighted by Gasteiger charge is -2.16. The highest BCUT2D eigenvalue weighted by Crippen LogP contribution is 2.18. The maximum Gasteiger partial charge on any atom is 0.224 e. The van der Waals surface area contributed by atoms with Crippen LogP contribution in [0, 0.1) is 0 Å². The second-order valence-corrected chi connectivity index (χ2v) is 5.92. The molecule has 3 rings (SSSR count). The van der Waals surface area contributed by atoms with E-state index in [1.165, 1.54) is 11.9 Å². The molecule has 3 aromatic rings. The highest BCUT2D eigenvalue weighted by molar-refractivity contribution is 5.78. The summed E-state index contributed by atoms with van der Waals surface area (Å²) in [5.74, 6) is 0.372. The van der Waals surface area contributed by atoms with Crippen molar-refractivity contribution in [1.29, 1.82) is 0 Å². The lowest BCUT2D eigenvalue weighted by molar-refractivity contribution is -0.120. The summed E-state index contributed by atoms with van der Waals surface area (Å²) in [6, 6.07) is 17.9. The van der Waals surface area contributed by atoms with E-state index >= 15 is 0 Å². The van der Waals surface area contributed by atoms with Gasteiger partial charge in [-0.1, -0.05) is 49.4 Å². The van der Waals surface area contributed by atoms with Crippen LogP contribution in [0.3, 0.4) is 0 Å². The Labute approximate surface area is 146 Å². The molecule has 6 nitrogen and oxygen atoms in total. The van der Waals surface area contributed by atoms with Crippen molar-refractivity contribution in [2.24, 2.45) is 0 Å². The summed E-state index contributed by atoms with van der Waals surface area (Å²) in [6.45, 7) is 2.80. The molecule has 0 unspecified atom stereocenters. The normalized spacial score (nSPS) is 11.9. The van der Waals surface area contributed by atoms with Crippen LogP contribution in [0.15, 0.2) is 60.9 Å². The third kappa shape index (κ3) is 4.50. The molecule has 1 N–H and O–H groups in total. The van der Waals surface area contributed by atoms with Crippen LogP contribution >= 0.6 is 0 Å². The molecule has 0 aliphatic carbocycles. The Kier molecular flexibility index (Phi) is 5.51. The van der Waals surface area contributed by atoms with Crippen LogP contribution < -0.4 is 5.32 Å². The van der Waals surface area contributed by atoms with Gasteiger partial charge in [0.05, 0.1) is 12.1 Å². The lowest BCUT2D eigenvalue weighted by atomic mass is 9.96. The van der Waals surface area contributed by atoms with Crippen LogP contribution in [0.2, 0.25) is 0 Å². The van der Waals surface area contributed by atoms with Gasteiger partial charge in [0.25, 0.3) is 0 Å². The fourth-order valence-corrected chi connectivity index (χ4v) is 2.75. The van der Waals surface area contributed by atoms with E-state index < -0.39 is 0 Å². The molecule has 0 spiro atoms. The molecule has 128 valence electrons. The van der Waals surface area contributed by atoms with E-state index in [9.17, 15) is 4.79 Å². The van der Waals surface area contributed by atoms with Crippen LogP contribution in [-0.4, -0.2) is 32.7 Å². The Bertz CT molecular complexity index is 784. The monoisotopic (exact) mass is 335 g/mol. The van der Waals surface area contributed by atoms with Gasteiger partial charge in [0, 0.05) is 12.5 Å². The summed E-state index contributed by atoms with van der Waals surface area (Å²) in [4.78, 5) is 12.2. The van der Waals surface area contributed by atoms with Gasteiger partial charge in [-0.2, -0.15) is 0 Å². The van der Waals surface area contributed by atoms with Crippen molar-refractivity contribution in [2.75, 3.05) is 6.54 Å². The lowest BCUT2D eigenvalue weighted by Crippen LogP contribution is -2.29. The van der Waals surface area contributed by atoms with Crippen LogP contribution in [-0.2, 0) is 11.2 Å². The Hall–Kier alpha value is -3.02. The minimum absolute atomic E-state index is 0.0320. The van der Waals surface area contributed by atoms with Crippen molar-refractivity contribution >= 4 is 5.91 Å². The fraction of sp³-hybridized carbons (Fsp3) is 0.263. The zero-order chi connectivity index (χ0) is 17.5. The molecule has 1 heterocycles. The van der Waals surface area contributed by atoms with Crippen LogP contribution in [0.25, 0.3) is 5.69 Å². The van der Waals surface area contributed by atoms with Crippen molar-refractivity contribution in [3.8, 4) is 5.69 Å². The van der Waals surface area contributed by atoms with Gasteiger partial charge in [-0.15, -0.1) is 5.10 Å². The average molecular weight is 335 g/mol. The van der Waals surface area contributed by atoms with Crippen LogP contribution in [0.1, 0.15) is 30.4 Å². The van der Waals surface area contributed by atoms with Crippen molar-refractivity contribution in [3.05, 3.63) is 72.1 Å². The molecular formula is C19H21N5O. The first-order valence-electron chi connectivity index (χ1n) is 8.40. The highest BCUT2D eigenvalue weighted by Gasteiger charge is 2.11. The Morgan fingerprint density at radius 1 is 1.12 bits per heavy atom. The van der Waals surface area contributed by atoms with E-state index in [1.54, 1.807) is 4.68 Å². The van der Waals surface area contributed by atoms with Crippen molar-refractivity contribution in [1.82, 2.24) is 25.5 Å². The molecule has 0 radical (unpaired) electrons. The molecule has 0 saturated heterocycles. The third-order valence-electron chi connectivity index (χ3n) is 4.22. The van der Waals surface area contributed by atoms with Gasteiger partial charge in [0.15, 0.2) is 0 Å². The van der Waals surface area contributed by atoms with E-state index in [2.05, 4.69) is 39.9 Å². The molecule has 2 aromatic carbocycles. The quantitative estimate of drug-likeness (QED) is 0.720. The van der Waals surface area contributed by atoms with E-state index in [0.717, 1.165) is 17.7 Å². The molecule has 25 heavy (non-hydrogen) atoms. The van der Waals surface area contributed by atoms with Gasteiger partial charge in [-0.3, -0.25) is 4.79 Å². The minimum Gasteiger partial charge on any atom is -0.355 e. The second-order valence-electron chi connectivity index (χ2n) is 5.92. The molecule has 1 amide bonds. The smallest absolute Gasteiger partial charge is 0.224 e. The topological polar surface area (TPSA) is 72.7 Å². The van der Waals surface area contributed by atoms with Gasteiger partial charge in [0.1, 0.15) is 6.33 Å². The summed E-state index contributed by atoms with van der Waals surface area (Å²) in [5.41, 5.74) is 3.09. The highest BCUT2D eigenvalue weighted by atomic mass is 16.1. The largest absolute Gasteiger partial charge is 0.355 e. The van der Waals surface area contributed by atoms with Gasteiger partial charge in [-0.25, -0.2) is 4.68 Å². The molecule has 0 aliphatic heterocycles. The number of carbonyl (C=O) groups excluding carboxylic acids is 1. The molecule has 0 fully saturated rings. The maximum atomic E-state index is 12.2. The molecule has 0 bridgehead atoms. The number of nitrogens with zero attached hydrogens (tertiary/aromatic N) is 4. The number of nitrogens with one attached hydrogen (secondary N) is 1. The maximum absolute atomic E-state index is 12.2. The van der Waals surface area contributed by atoms with E-state index in [0.29, 0.717) is 18.9 Å². The fourth-order valence-electron chi connectivity index (χ4n) is 2.75. The van der Waals surface area contributed by atoms with Crippen molar-refractivity contribution in [3.63, 3.8) is 0 Å². The minimum atomic E-state index is 0.0320. The molecule has 0 saturated carbocycles. The molecular weight excluding hydrogens is 314 g/mol. The summed E-state index contributed by atoms with van der Waals surface area (Å²) in [5, 5.41) is 14.1. The summed E-state index contributed by atoms with van der Waals surface area (Å²) in [7, 11) is 0. The number of rotatable bonds is 7. The predicted molar refractivity (Wildman–Crippen MR) is 95.3 cm³/mol. The summed E-state index contributed by atoms with van der Waals surface area (Å²) in [6.07, 6.45) is 2.89. The average Bonchev–Trinajstić information content (AvgIpc) is 3.18. The number of hydrogen-bond acceptors (Lipinski definition) is 4. The number of tetrazole rings is 1. The van der Waals surface area contributed by atoms with E-state index in [-0.39, 0.29) is 5.91 Å². The summed E-state index contributed by atoms with van der Waals surface area (Å²) >= 11 is 0. The zero-order valence-electron chi connectivity index (χ0n) is 14.2. The molecule has 1 aromatic heterocycles. The predicted octanol–water partition coefficient (Wildman–Crippen LogP) is 2.51. The van der Waals surface area contributed by atoms with Crippen LogP contribution in [0.4, 0.5) is 0 Å². The van der Waals surface area contributed by atoms with Crippen molar-refractivity contribution < 1.29 is 4.79 Å². The number of hydrogen-bond donors (Lipinski definition) is 1. The molecule has 6 heteroatoms. The van der Waals surface area contributed by atoms with Gasteiger partial charge >= 0.3 is 0 Å². The standard InChI is InChI=1S/C19H21N5O/c1-2-16(17-6-4-3-5-7-17)13-20-19(25)12-15-8-10-18(11-9-15)24-14-21-22-23-24/h3-11,14,16H,2,12-13H2,1H3,(H,20,25)/t16-/m1/s1. The first-order valence-corrected chi connectivity index (χ1v) is 8.40. The first-order chi connectivity index (χ1) is 12.3. The van der Waals surface area contributed by atoms with Gasteiger partial charge in [0.2, 0.25) is 5.91 Å². The number of benzene rings is 2.